The second kappa shape index (κ2) is 3.58. The van der Waals surface area contributed by atoms with Crippen LogP contribution in [0, 0.1) is 0 Å². The van der Waals surface area contributed by atoms with Gasteiger partial charge in [0.25, 0.3) is 0 Å². The van der Waals surface area contributed by atoms with Crippen LogP contribution in [-0.4, -0.2) is 19.1 Å². The average molecular weight is 217 g/mol. The van der Waals surface area contributed by atoms with Crippen molar-refractivity contribution >= 4 is 22.9 Å². The van der Waals surface area contributed by atoms with Crippen LogP contribution < -0.4 is 5.43 Å². The van der Waals surface area contributed by atoms with E-state index < -0.39 is 0 Å². The predicted octanol–water partition coefficient (Wildman–Crippen LogP) is 2.46. The predicted molar refractivity (Wildman–Crippen MR) is 57.2 cm³/mol. The number of hydrazine groups is 1. The highest BCUT2D eigenvalue weighted by atomic mass is 35.5. The highest BCUT2D eigenvalue weighted by Crippen LogP contribution is 2.39. The summed E-state index contributed by atoms with van der Waals surface area (Å²) in [5, 5.41) is 2.01. The number of nitrogens with zero attached hydrogens (tertiary/aromatic N) is 1. The van der Waals surface area contributed by atoms with Gasteiger partial charge in [0.15, 0.2) is 0 Å². The van der Waals surface area contributed by atoms with Gasteiger partial charge < -0.3 is 0 Å². The summed E-state index contributed by atoms with van der Waals surface area (Å²) in [4.78, 5) is 1.45. The van der Waals surface area contributed by atoms with E-state index in [4.69, 9.17) is 11.6 Å². The van der Waals surface area contributed by atoms with Gasteiger partial charge >= 0.3 is 0 Å². The van der Waals surface area contributed by atoms with Crippen LogP contribution in [0.1, 0.15) is 22.9 Å². The zero-order valence-corrected chi connectivity index (χ0v) is 9.37. The van der Waals surface area contributed by atoms with Crippen LogP contribution >= 0.6 is 22.9 Å². The van der Waals surface area contributed by atoms with Gasteiger partial charge in [0.05, 0.1) is 4.34 Å². The topological polar surface area (TPSA) is 15.3 Å². The van der Waals surface area contributed by atoms with Crippen molar-refractivity contribution in [1.82, 2.24) is 10.4 Å². The molecule has 1 aliphatic rings. The molecule has 1 aliphatic carbocycles. The Bertz CT molecular complexity index is 309. The van der Waals surface area contributed by atoms with Crippen LogP contribution in [0.2, 0.25) is 4.34 Å². The Balaban J connectivity index is 2.17. The summed E-state index contributed by atoms with van der Waals surface area (Å²) in [5.41, 5.74) is 4.78. The fraction of sp³-hybridized carbons (Fsp3) is 0.556. The van der Waals surface area contributed by atoms with E-state index in [1.165, 1.54) is 16.9 Å². The molecule has 1 N–H and O–H groups in total. The van der Waals surface area contributed by atoms with E-state index in [-0.39, 0.29) is 0 Å². The molecule has 1 aromatic heterocycles. The summed E-state index contributed by atoms with van der Waals surface area (Å²) in [6.07, 6.45) is 2.36. The normalized spacial score (nSPS) is 21.1. The van der Waals surface area contributed by atoms with Crippen molar-refractivity contribution in [1.29, 1.82) is 0 Å². The Morgan fingerprint density at radius 3 is 3.08 bits per heavy atom. The first kappa shape index (κ1) is 9.46. The smallest absolute Gasteiger partial charge is 0.0934 e. The maximum atomic E-state index is 5.96. The highest BCUT2D eigenvalue weighted by Gasteiger charge is 2.24. The summed E-state index contributed by atoms with van der Waals surface area (Å²) in [5.74, 6) is 0. The summed E-state index contributed by atoms with van der Waals surface area (Å²) in [6, 6.07) is 2.56. The number of thiophene rings is 1. The lowest BCUT2D eigenvalue weighted by atomic mass is 10.2. The molecular weight excluding hydrogens is 204 g/mol. The van der Waals surface area contributed by atoms with Crippen molar-refractivity contribution in [3.63, 3.8) is 0 Å². The molecule has 1 unspecified atom stereocenters. The molecule has 13 heavy (non-hydrogen) atoms. The molecule has 2 rings (SSSR count). The van der Waals surface area contributed by atoms with Crippen molar-refractivity contribution in [2.45, 2.75) is 18.9 Å². The maximum absolute atomic E-state index is 5.96. The fourth-order valence-electron chi connectivity index (χ4n) is 1.78. The summed E-state index contributed by atoms with van der Waals surface area (Å²) >= 11 is 7.67. The third-order valence-corrected chi connectivity index (χ3v) is 3.60. The molecular formula is C9H13ClN2S. The number of halogens is 1. The van der Waals surface area contributed by atoms with Crippen LogP contribution in [0.4, 0.5) is 0 Å². The Labute approximate surface area is 87.5 Å². The molecule has 0 saturated heterocycles. The van der Waals surface area contributed by atoms with E-state index in [0.717, 1.165) is 10.8 Å². The molecule has 2 nitrogen and oxygen atoms in total. The lowest BCUT2D eigenvalue weighted by Gasteiger charge is -2.18. The van der Waals surface area contributed by atoms with Crippen LogP contribution in [-0.2, 0) is 6.42 Å². The monoisotopic (exact) mass is 216 g/mol. The first-order chi connectivity index (χ1) is 6.16. The van der Waals surface area contributed by atoms with Crippen LogP contribution in [0.3, 0.4) is 0 Å². The van der Waals surface area contributed by atoms with Gasteiger partial charge in [-0.05, 0) is 24.5 Å². The molecule has 0 saturated carbocycles. The van der Waals surface area contributed by atoms with Gasteiger partial charge in [0.2, 0.25) is 0 Å². The van der Waals surface area contributed by atoms with Crippen molar-refractivity contribution in [3.8, 4) is 0 Å². The molecule has 0 radical (unpaired) electrons. The van der Waals surface area contributed by atoms with Gasteiger partial charge in [-0.2, -0.15) is 0 Å². The first-order valence-electron chi connectivity index (χ1n) is 4.38. The summed E-state index contributed by atoms with van der Waals surface area (Å²) < 4.78 is 0.912. The fourth-order valence-corrected chi connectivity index (χ4v) is 3.13. The van der Waals surface area contributed by atoms with Crippen LogP contribution in [0.5, 0.6) is 0 Å². The molecule has 0 aliphatic heterocycles. The zero-order chi connectivity index (χ0) is 9.42. The van der Waals surface area contributed by atoms with Gasteiger partial charge in [-0.25, -0.2) is 5.43 Å². The molecule has 0 bridgehead atoms. The number of aryl methyl sites for hydroxylation is 1. The molecule has 1 heterocycles. The molecule has 0 spiro atoms. The van der Waals surface area contributed by atoms with Crippen molar-refractivity contribution in [2.24, 2.45) is 0 Å². The summed E-state index contributed by atoms with van der Waals surface area (Å²) in [7, 11) is 4.04. The second-order valence-electron chi connectivity index (χ2n) is 3.54. The van der Waals surface area contributed by atoms with E-state index in [1.807, 2.05) is 19.1 Å². The van der Waals surface area contributed by atoms with E-state index >= 15 is 0 Å². The van der Waals surface area contributed by atoms with E-state index in [1.54, 1.807) is 11.3 Å². The minimum absolute atomic E-state index is 0.466. The summed E-state index contributed by atoms with van der Waals surface area (Å²) in [6.45, 7) is 0. The molecule has 0 aromatic carbocycles. The Hall–Kier alpha value is -0.0900. The van der Waals surface area contributed by atoms with Crippen molar-refractivity contribution in [3.05, 3.63) is 20.8 Å². The van der Waals surface area contributed by atoms with Crippen molar-refractivity contribution < 1.29 is 0 Å². The largest absolute Gasteiger partial charge is 0.250 e. The Kier molecular flexibility index (Phi) is 2.60. The van der Waals surface area contributed by atoms with E-state index in [9.17, 15) is 0 Å². The molecule has 0 amide bonds. The number of rotatable bonds is 2. The Morgan fingerprint density at radius 2 is 2.38 bits per heavy atom. The number of fused-ring (bicyclic) bond motifs is 1. The minimum atomic E-state index is 0.466. The zero-order valence-electron chi connectivity index (χ0n) is 7.80. The molecule has 1 aromatic rings. The van der Waals surface area contributed by atoms with Gasteiger partial charge in [0.1, 0.15) is 0 Å². The minimum Gasteiger partial charge on any atom is -0.250 e. The second-order valence-corrected chi connectivity index (χ2v) is 5.31. The standard InChI is InChI=1S/C9H13ClN2S/c1-12(2)11-7-3-4-8-6(7)5-9(10)13-8/h5,7,11H,3-4H2,1-2H3. The number of hydrogen-bond acceptors (Lipinski definition) is 3. The third-order valence-electron chi connectivity index (χ3n) is 2.26. The quantitative estimate of drug-likeness (QED) is 0.765. The van der Waals surface area contributed by atoms with E-state index in [0.29, 0.717) is 6.04 Å². The van der Waals surface area contributed by atoms with Gasteiger partial charge in [0, 0.05) is 25.0 Å². The SMILES string of the molecule is CN(C)NC1CCc2sc(Cl)cc21. The third kappa shape index (κ3) is 1.89. The van der Waals surface area contributed by atoms with Gasteiger partial charge in [-0.3, -0.25) is 5.01 Å². The molecule has 72 valence electrons. The lowest BCUT2D eigenvalue weighted by Crippen LogP contribution is -2.33. The molecule has 0 fully saturated rings. The first-order valence-corrected chi connectivity index (χ1v) is 5.58. The van der Waals surface area contributed by atoms with Crippen LogP contribution in [0.25, 0.3) is 0 Å². The van der Waals surface area contributed by atoms with Crippen molar-refractivity contribution in [2.75, 3.05) is 14.1 Å². The average Bonchev–Trinajstić information content (AvgIpc) is 2.51. The van der Waals surface area contributed by atoms with Gasteiger partial charge in [-0.15, -0.1) is 11.3 Å². The number of nitrogens with one attached hydrogen (secondary N) is 1. The van der Waals surface area contributed by atoms with E-state index in [2.05, 4.69) is 11.5 Å². The maximum Gasteiger partial charge on any atom is 0.0934 e. The van der Waals surface area contributed by atoms with Gasteiger partial charge in [-0.1, -0.05) is 11.6 Å². The molecule has 1 atom stereocenters. The number of hydrogen-bond donors (Lipinski definition) is 1. The molecule has 4 heteroatoms. The highest BCUT2D eigenvalue weighted by molar-refractivity contribution is 7.16. The Morgan fingerprint density at radius 1 is 1.62 bits per heavy atom. The van der Waals surface area contributed by atoms with Crippen LogP contribution in [0.15, 0.2) is 6.07 Å². The lowest BCUT2D eigenvalue weighted by molar-refractivity contribution is 0.242.